The van der Waals surface area contributed by atoms with Gasteiger partial charge in [-0.15, -0.1) is 0 Å². The van der Waals surface area contributed by atoms with Crippen LogP contribution in [-0.4, -0.2) is 23.4 Å². The van der Waals surface area contributed by atoms with Gasteiger partial charge >= 0.3 is 0 Å². The average Bonchev–Trinajstić information content (AvgIpc) is 3.27. The van der Waals surface area contributed by atoms with Gasteiger partial charge < -0.3 is 10.2 Å². The first-order chi connectivity index (χ1) is 30.3. The van der Waals surface area contributed by atoms with Crippen LogP contribution in [-0.2, 0) is 0 Å². The van der Waals surface area contributed by atoms with E-state index < -0.39 is 0 Å². The van der Waals surface area contributed by atoms with Crippen LogP contribution in [0.25, 0.3) is 0 Å². The number of aliphatic hydroxyl groups is 2. The Bertz CT molecular complexity index is 622. The molecule has 0 aliphatic rings. The van der Waals surface area contributed by atoms with Crippen molar-refractivity contribution in [2.75, 3.05) is 13.2 Å². The lowest BCUT2D eigenvalue weighted by Crippen LogP contribution is -1.85. The van der Waals surface area contributed by atoms with E-state index >= 15 is 0 Å². The van der Waals surface area contributed by atoms with Crippen molar-refractivity contribution in [3.05, 3.63) is 0 Å². The Morgan fingerprint density at radius 1 is 0.131 bits per heavy atom. The van der Waals surface area contributed by atoms with Crippen LogP contribution in [0.15, 0.2) is 0 Å². The topological polar surface area (TPSA) is 40.5 Å². The second-order valence-corrected chi connectivity index (χ2v) is 20.2. The SMILES string of the molecule is CCCCCCCCCCCCCCCCCCCCCCCCCCCCCCO.CCCCCCCCCCCCCCCCCCCCCCCCCCCCCO. The van der Waals surface area contributed by atoms with Gasteiger partial charge in [-0.3, -0.25) is 0 Å². The molecule has 0 saturated heterocycles. The molecule has 0 saturated carbocycles. The molecule has 0 aromatic heterocycles. The van der Waals surface area contributed by atoms with Gasteiger partial charge in [0.25, 0.3) is 0 Å². The largest absolute Gasteiger partial charge is 0.396 e. The zero-order chi connectivity index (χ0) is 44.3. The Hall–Kier alpha value is -0.0800. The van der Waals surface area contributed by atoms with Crippen molar-refractivity contribution in [2.45, 2.75) is 367 Å². The van der Waals surface area contributed by atoms with E-state index in [4.69, 9.17) is 10.2 Å². The summed E-state index contributed by atoms with van der Waals surface area (Å²) in [4.78, 5) is 0. The van der Waals surface area contributed by atoms with E-state index in [1.54, 1.807) is 0 Å². The molecule has 2 heteroatoms. The minimum atomic E-state index is 0.374. The van der Waals surface area contributed by atoms with E-state index in [2.05, 4.69) is 13.8 Å². The molecule has 0 aromatic carbocycles. The first-order valence-corrected chi connectivity index (χ1v) is 29.5. The van der Waals surface area contributed by atoms with Crippen molar-refractivity contribution in [1.82, 2.24) is 0 Å². The third-order valence-electron chi connectivity index (χ3n) is 13.8. The number of hydrogen-bond acceptors (Lipinski definition) is 2. The molecule has 0 fully saturated rings. The van der Waals surface area contributed by atoms with E-state index in [1.165, 1.54) is 340 Å². The van der Waals surface area contributed by atoms with Crippen LogP contribution in [0.3, 0.4) is 0 Å². The van der Waals surface area contributed by atoms with Gasteiger partial charge in [0, 0.05) is 13.2 Å². The summed E-state index contributed by atoms with van der Waals surface area (Å²) in [5.41, 5.74) is 0. The van der Waals surface area contributed by atoms with Gasteiger partial charge in [-0.05, 0) is 12.8 Å². The third-order valence-corrected chi connectivity index (χ3v) is 13.8. The summed E-state index contributed by atoms with van der Waals surface area (Å²) in [6, 6.07) is 0. The predicted molar refractivity (Wildman–Crippen MR) is 279 cm³/mol. The molecule has 0 atom stereocenters. The molecule has 0 rings (SSSR count). The minimum Gasteiger partial charge on any atom is -0.396 e. The summed E-state index contributed by atoms with van der Waals surface area (Å²) in [5.74, 6) is 0. The van der Waals surface area contributed by atoms with Crippen molar-refractivity contribution in [3.63, 3.8) is 0 Å². The quantitative estimate of drug-likeness (QED) is 0.0598. The normalized spacial score (nSPS) is 11.4. The molecule has 0 bridgehead atoms. The van der Waals surface area contributed by atoms with Gasteiger partial charge in [0.2, 0.25) is 0 Å². The maximum absolute atomic E-state index is 8.76. The number of rotatable bonds is 55. The summed E-state index contributed by atoms with van der Waals surface area (Å²) in [7, 11) is 0. The van der Waals surface area contributed by atoms with E-state index in [0.29, 0.717) is 13.2 Å². The van der Waals surface area contributed by atoms with E-state index in [9.17, 15) is 0 Å². The molecule has 0 amide bonds. The molecule has 0 radical (unpaired) electrons. The Morgan fingerprint density at radius 3 is 0.295 bits per heavy atom. The summed E-state index contributed by atoms with van der Waals surface area (Å²) in [6.07, 6.45) is 78.6. The van der Waals surface area contributed by atoms with Crippen LogP contribution in [0.4, 0.5) is 0 Å². The maximum Gasteiger partial charge on any atom is 0.0431 e. The summed E-state index contributed by atoms with van der Waals surface area (Å²) in [5, 5.41) is 17.5. The lowest BCUT2D eigenvalue weighted by molar-refractivity contribution is 0.282. The van der Waals surface area contributed by atoms with Crippen molar-refractivity contribution >= 4 is 0 Å². The molecule has 0 spiro atoms. The van der Waals surface area contributed by atoms with Gasteiger partial charge in [0.1, 0.15) is 0 Å². The molecule has 0 aromatic rings. The van der Waals surface area contributed by atoms with Gasteiger partial charge in [-0.2, -0.15) is 0 Å². The highest BCUT2D eigenvalue weighted by molar-refractivity contribution is 4.54. The van der Waals surface area contributed by atoms with Gasteiger partial charge in [0.15, 0.2) is 0 Å². The molecule has 0 unspecified atom stereocenters. The Balaban J connectivity index is 0. The highest BCUT2D eigenvalue weighted by atomic mass is 16.3. The minimum absolute atomic E-state index is 0.374. The highest BCUT2D eigenvalue weighted by Gasteiger charge is 1.99. The standard InChI is InChI=1S/C30H62O.C29H60O/c1-2-3-4-5-6-7-8-9-10-11-12-13-14-15-16-17-18-19-20-21-22-23-24-25-26-27-28-29-30-31;1-2-3-4-5-6-7-8-9-10-11-12-13-14-15-16-17-18-19-20-21-22-23-24-25-26-27-28-29-30/h31H,2-30H2,1H3;30H,2-29H2,1H3. The van der Waals surface area contributed by atoms with Crippen LogP contribution < -0.4 is 0 Å². The Labute approximate surface area is 389 Å². The molecule has 61 heavy (non-hydrogen) atoms. The van der Waals surface area contributed by atoms with Gasteiger partial charge in [-0.25, -0.2) is 0 Å². The zero-order valence-corrected chi connectivity index (χ0v) is 43.2. The zero-order valence-electron chi connectivity index (χ0n) is 43.2. The fraction of sp³-hybridized carbons (Fsp3) is 1.00. The van der Waals surface area contributed by atoms with Crippen LogP contribution in [0, 0.1) is 0 Å². The molecule has 0 aliphatic carbocycles. The van der Waals surface area contributed by atoms with Crippen molar-refractivity contribution in [2.24, 2.45) is 0 Å². The fourth-order valence-electron chi connectivity index (χ4n) is 9.39. The molecular weight excluding hydrogens is 741 g/mol. The first kappa shape index (κ1) is 63.0. The second kappa shape index (κ2) is 64.2. The lowest BCUT2D eigenvalue weighted by Gasteiger charge is -2.04. The molecule has 2 nitrogen and oxygen atoms in total. The smallest absolute Gasteiger partial charge is 0.0431 e. The van der Waals surface area contributed by atoms with E-state index in [-0.39, 0.29) is 0 Å². The molecular formula is C59H122O2. The Morgan fingerprint density at radius 2 is 0.213 bits per heavy atom. The fourth-order valence-corrected chi connectivity index (χ4v) is 9.39. The number of hydrogen-bond donors (Lipinski definition) is 2. The third kappa shape index (κ3) is 66.6. The van der Waals surface area contributed by atoms with Crippen molar-refractivity contribution in [1.29, 1.82) is 0 Å². The Kier molecular flexibility index (Phi) is 66.3. The first-order valence-electron chi connectivity index (χ1n) is 29.5. The lowest BCUT2D eigenvalue weighted by atomic mass is 10.0. The molecule has 0 heterocycles. The molecule has 2 N–H and O–H groups in total. The molecule has 0 aliphatic heterocycles. The van der Waals surface area contributed by atoms with E-state index in [1.807, 2.05) is 0 Å². The second-order valence-electron chi connectivity index (χ2n) is 20.2. The van der Waals surface area contributed by atoms with Crippen LogP contribution in [0.2, 0.25) is 0 Å². The summed E-state index contributed by atoms with van der Waals surface area (Å²) >= 11 is 0. The van der Waals surface area contributed by atoms with Crippen LogP contribution >= 0.6 is 0 Å². The maximum atomic E-state index is 8.76. The van der Waals surface area contributed by atoms with E-state index in [0.717, 1.165) is 12.8 Å². The average molecular weight is 864 g/mol. The monoisotopic (exact) mass is 863 g/mol. The van der Waals surface area contributed by atoms with Gasteiger partial charge in [0.05, 0.1) is 0 Å². The summed E-state index contributed by atoms with van der Waals surface area (Å²) < 4.78 is 0. The van der Waals surface area contributed by atoms with Gasteiger partial charge in [-0.1, -0.05) is 354 Å². The number of unbranched alkanes of at least 4 members (excludes halogenated alkanes) is 53. The van der Waals surface area contributed by atoms with Crippen LogP contribution in [0.1, 0.15) is 367 Å². The predicted octanol–water partition coefficient (Wildman–Crippen LogP) is 21.5. The van der Waals surface area contributed by atoms with Crippen LogP contribution in [0.5, 0.6) is 0 Å². The van der Waals surface area contributed by atoms with Crippen molar-refractivity contribution < 1.29 is 10.2 Å². The summed E-state index contributed by atoms with van der Waals surface area (Å²) in [6.45, 7) is 5.35. The number of aliphatic hydroxyl groups excluding tert-OH is 2. The molecule has 370 valence electrons. The highest BCUT2D eigenvalue weighted by Crippen LogP contribution is 2.18. The van der Waals surface area contributed by atoms with Crippen molar-refractivity contribution in [3.8, 4) is 0 Å².